The predicted molar refractivity (Wildman–Crippen MR) is 62.0 cm³/mol. The molecule has 0 bridgehead atoms. The van der Waals surface area contributed by atoms with E-state index in [4.69, 9.17) is 10.6 Å². The average Bonchev–Trinajstić information content (AvgIpc) is 2.78. The predicted octanol–water partition coefficient (Wildman–Crippen LogP) is 0.519. The second kappa shape index (κ2) is 5.09. The largest absolute Gasteiger partial charge is 0.381 e. The van der Waals surface area contributed by atoms with Crippen molar-refractivity contribution in [1.29, 1.82) is 0 Å². The lowest BCUT2D eigenvalue weighted by Crippen LogP contribution is -2.16. The van der Waals surface area contributed by atoms with Gasteiger partial charge in [-0.2, -0.15) is 0 Å². The van der Waals surface area contributed by atoms with Crippen molar-refractivity contribution in [3.63, 3.8) is 0 Å². The third-order valence-electron chi connectivity index (χ3n) is 2.58. The van der Waals surface area contributed by atoms with Gasteiger partial charge in [-0.1, -0.05) is 0 Å². The molecule has 1 aliphatic heterocycles. The molecule has 4 N–H and O–H groups in total. The zero-order chi connectivity index (χ0) is 11.4. The van der Waals surface area contributed by atoms with Crippen molar-refractivity contribution in [1.82, 2.24) is 9.97 Å². The highest BCUT2D eigenvalue weighted by Crippen LogP contribution is 2.14. The smallest absolute Gasteiger partial charge is 0.145 e. The Hall–Kier alpha value is -1.40. The van der Waals surface area contributed by atoms with E-state index in [1.165, 1.54) is 0 Å². The summed E-state index contributed by atoms with van der Waals surface area (Å²) in [4.78, 5) is 8.40. The number of rotatable bonds is 4. The Labute approximate surface area is 94.6 Å². The summed E-state index contributed by atoms with van der Waals surface area (Å²) in [6.07, 6.45) is 1.11. The van der Waals surface area contributed by atoms with Crippen LogP contribution in [0.15, 0.2) is 6.07 Å². The summed E-state index contributed by atoms with van der Waals surface area (Å²) >= 11 is 0. The van der Waals surface area contributed by atoms with Crippen molar-refractivity contribution in [3.05, 3.63) is 11.9 Å². The van der Waals surface area contributed by atoms with Crippen molar-refractivity contribution in [2.45, 2.75) is 13.3 Å². The summed E-state index contributed by atoms with van der Waals surface area (Å²) < 4.78 is 5.31. The van der Waals surface area contributed by atoms with E-state index in [1.807, 2.05) is 6.92 Å². The van der Waals surface area contributed by atoms with Gasteiger partial charge in [0.2, 0.25) is 0 Å². The molecule has 0 radical (unpaired) electrons. The molecular weight excluding hydrogens is 206 g/mol. The minimum absolute atomic E-state index is 0.574. The number of aryl methyl sites for hydroxylation is 1. The molecule has 1 aromatic heterocycles. The number of nitrogens with two attached hydrogens (primary N) is 1. The maximum atomic E-state index is 5.32. The quantitative estimate of drug-likeness (QED) is 0.509. The van der Waals surface area contributed by atoms with Crippen molar-refractivity contribution >= 4 is 11.6 Å². The molecule has 1 atom stereocenters. The van der Waals surface area contributed by atoms with Crippen LogP contribution in [0.2, 0.25) is 0 Å². The molecule has 1 saturated heterocycles. The average molecular weight is 223 g/mol. The van der Waals surface area contributed by atoms with E-state index in [0.29, 0.717) is 17.6 Å². The van der Waals surface area contributed by atoms with Crippen LogP contribution in [0, 0.1) is 12.8 Å². The summed E-state index contributed by atoms with van der Waals surface area (Å²) in [5.74, 6) is 8.01. The second-order valence-electron chi connectivity index (χ2n) is 3.94. The van der Waals surface area contributed by atoms with Gasteiger partial charge < -0.3 is 15.5 Å². The first-order valence-corrected chi connectivity index (χ1v) is 5.42. The number of ether oxygens (including phenoxy) is 1. The van der Waals surface area contributed by atoms with E-state index in [-0.39, 0.29) is 0 Å². The molecule has 2 rings (SSSR count). The van der Waals surface area contributed by atoms with Gasteiger partial charge in [0.1, 0.15) is 17.5 Å². The zero-order valence-electron chi connectivity index (χ0n) is 9.36. The van der Waals surface area contributed by atoms with Crippen LogP contribution < -0.4 is 16.6 Å². The summed E-state index contributed by atoms with van der Waals surface area (Å²) in [6.45, 7) is 4.41. The van der Waals surface area contributed by atoms with Gasteiger partial charge in [-0.05, 0) is 13.3 Å². The SMILES string of the molecule is Cc1nc(NN)cc(NCC2CCOC2)n1. The molecule has 6 heteroatoms. The molecule has 0 aliphatic carbocycles. The van der Waals surface area contributed by atoms with E-state index < -0.39 is 0 Å². The van der Waals surface area contributed by atoms with Crippen molar-refractivity contribution in [2.75, 3.05) is 30.5 Å². The van der Waals surface area contributed by atoms with Gasteiger partial charge in [-0.25, -0.2) is 15.8 Å². The number of aromatic nitrogens is 2. The molecule has 1 unspecified atom stereocenters. The lowest BCUT2D eigenvalue weighted by Gasteiger charge is -2.11. The summed E-state index contributed by atoms with van der Waals surface area (Å²) in [5.41, 5.74) is 2.52. The van der Waals surface area contributed by atoms with Gasteiger partial charge in [0, 0.05) is 25.1 Å². The molecule has 0 saturated carbocycles. The summed E-state index contributed by atoms with van der Waals surface area (Å²) in [6, 6.07) is 1.79. The maximum absolute atomic E-state index is 5.32. The number of anilines is 2. The van der Waals surface area contributed by atoms with Gasteiger partial charge in [0.25, 0.3) is 0 Å². The fourth-order valence-electron chi connectivity index (χ4n) is 1.73. The lowest BCUT2D eigenvalue weighted by atomic mass is 10.1. The molecule has 0 amide bonds. The summed E-state index contributed by atoms with van der Waals surface area (Å²) in [7, 11) is 0. The molecule has 1 aliphatic rings. The highest BCUT2D eigenvalue weighted by atomic mass is 16.5. The number of nitrogens with one attached hydrogen (secondary N) is 2. The Balaban J connectivity index is 1.94. The normalized spacial score (nSPS) is 19.8. The van der Waals surface area contributed by atoms with Gasteiger partial charge in [0.15, 0.2) is 0 Å². The number of hydrazine groups is 1. The Morgan fingerprint density at radius 3 is 3.00 bits per heavy atom. The molecule has 0 spiro atoms. The standard InChI is InChI=1S/C10H17N5O/c1-7-13-9(4-10(14-7)15-11)12-5-8-2-3-16-6-8/h4,8H,2-3,5-6,11H2,1H3,(H2,12,13,14,15). The van der Waals surface area contributed by atoms with E-state index >= 15 is 0 Å². The summed E-state index contributed by atoms with van der Waals surface area (Å²) in [5, 5.41) is 3.28. The first-order valence-electron chi connectivity index (χ1n) is 5.42. The van der Waals surface area contributed by atoms with Gasteiger partial charge in [-0.15, -0.1) is 0 Å². The van der Waals surface area contributed by atoms with Crippen LogP contribution in [0.4, 0.5) is 11.6 Å². The Kier molecular flexibility index (Phi) is 3.53. The Morgan fingerprint density at radius 2 is 2.31 bits per heavy atom. The van der Waals surface area contributed by atoms with E-state index in [1.54, 1.807) is 6.07 Å². The first-order chi connectivity index (χ1) is 7.78. The monoisotopic (exact) mass is 223 g/mol. The van der Waals surface area contributed by atoms with E-state index in [9.17, 15) is 0 Å². The maximum Gasteiger partial charge on any atom is 0.145 e. The van der Waals surface area contributed by atoms with E-state index in [0.717, 1.165) is 32.0 Å². The van der Waals surface area contributed by atoms with E-state index in [2.05, 4.69) is 20.7 Å². The highest BCUT2D eigenvalue weighted by Gasteiger charge is 2.15. The van der Waals surface area contributed by atoms with Crippen LogP contribution in [0.25, 0.3) is 0 Å². The minimum Gasteiger partial charge on any atom is -0.381 e. The molecule has 88 valence electrons. The molecule has 0 aromatic carbocycles. The topological polar surface area (TPSA) is 85.1 Å². The Morgan fingerprint density at radius 1 is 1.50 bits per heavy atom. The van der Waals surface area contributed by atoms with Crippen molar-refractivity contribution in [2.24, 2.45) is 11.8 Å². The number of hydrogen-bond acceptors (Lipinski definition) is 6. The van der Waals surface area contributed by atoms with Gasteiger partial charge in [0.05, 0.1) is 6.61 Å². The fourth-order valence-corrected chi connectivity index (χ4v) is 1.73. The number of nitrogen functional groups attached to an aromatic ring is 1. The van der Waals surface area contributed by atoms with Crippen LogP contribution in [0.3, 0.4) is 0 Å². The van der Waals surface area contributed by atoms with Crippen LogP contribution >= 0.6 is 0 Å². The fraction of sp³-hybridized carbons (Fsp3) is 0.600. The molecule has 1 aromatic rings. The van der Waals surface area contributed by atoms with Crippen LogP contribution in [0.5, 0.6) is 0 Å². The minimum atomic E-state index is 0.574. The van der Waals surface area contributed by atoms with Crippen molar-refractivity contribution in [3.8, 4) is 0 Å². The molecule has 16 heavy (non-hydrogen) atoms. The lowest BCUT2D eigenvalue weighted by molar-refractivity contribution is 0.187. The third kappa shape index (κ3) is 2.80. The van der Waals surface area contributed by atoms with Crippen molar-refractivity contribution < 1.29 is 4.74 Å². The molecule has 2 heterocycles. The Bertz CT molecular complexity index is 351. The number of hydrogen-bond donors (Lipinski definition) is 3. The van der Waals surface area contributed by atoms with Gasteiger partial charge >= 0.3 is 0 Å². The molecule has 1 fully saturated rings. The number of nitrogens with zero attached hydrogens (tertiary/aromatic N) is 2. The van der Waals surface area contributed by atoms with Gasteiger partial charge in [-0.3, -0.25) is 0 Å². The van der Waals surface area contributed by atoms with Crippen LogP contribution in [-0.2, 0) is 4.74 Å². The zero-order valence-corrected chi connectivity index (χ0v) is 9.36. The molecular formula is C10H17N5O. The first kappa shape index (κ1) is 11.1. The molecule has 6 nitrogen and oxygen atoms in total. The third-order valence-corrected chi connectivity index (χ3v) is 2.58. The highest BCUT2D eigenvalue weighted by molar-refractivity contribution is 5.46. The van der Waals surface area contributed by atoms with Crippen LogP contribution in [0.1, 0.15) is 12.2 Å². The van der Waals surface area contributed by atoms with Crippen LogP contribution in [-0.4, -0.2) is 29.7 Å². The second-order valence-corrected chi connectivity index (χ2v) is 3.94.